The fourth-order valence-corrected chi connectivity index (χ4v) is 3.60. The SMILES string of the molecule is CC1CN(C(=O)c2ccc(OCC(=O)Nc3cccc(C(F)(F)F)c3)cc2)CC(C)(C)O1. The normalized spacial score (nSPS) is 18.2. The van der Waals surface area contributed by atoms with E-state index in [1.54, 1.807) is 29.2 Å². The van der Waals surface area contributed by atoms with Crippen LogP contribution in [0.3, 0.4) is 0 Å². The van der Waals surface area contributed by atoms with Crippen molar-refractivity contribution >= 4 is 17.5 Å². The van der Waals surface area contributed by atoms with Crippen molar-refractivity contribution in [3.8, 4) is 5.75 Å². The Bertz CT molecular complexity index is 974. The summed E-state index contributed by atoms with van der Waals surface area (Å²) >= 11 is 0. The molecule has 0 saturated carbocycles. The number of rotatable bonds is 5. The highest BCUT2D eigenvalue weighted by Gasteiger charge is 2.34. The number of carbonyl (C=O) groups excluding carboxylic acids is 2. The molecule has 0 aromatic heterocycles. The summed E-state index contributed by atoms with van der Waals surface area (Å²) in [5, 5.41) is 2.37. The van der Waals surface area contributed by atoms with E-state index in [0.29, 0.717) is 24.4 Å². The van der Waals surface area contributed by atoms with Gasteiger partial charge in [0.05, 0.1) is 17.3 Å². The maximum absolute atomic E-state index is 12.8. The predicted octanol–water partition coefficient (Wildman–Crippen LogP) is 4.36. The van der Waals surface area contributed by atoms with Crippen molar-refractivity contribution in [3.05, 3.63) is 59.7 Å². The third-order valence-electron chi connectivity index (χ3n) is 4.80. The maximum atomic E-state index is 12.8. The zero-order chi connectivity index (χ0) is 23.5. The largest absolute Gasteiger partial charge is 0.484 e. The summed E-state index contributed by atoms with van der Waals surface area (Å²) in [6.07, 6.45) is -4.56. The van der Waals surface area contributed by atoms with Gasteiger partial charge in [-0.3, -0.25) is 9.59 Å². The van der Waals surface area contributed by atoms with Crippen molar-refractivity contribution in [2.75, 3.05) is 25.0 Å². The van der Waals surface area contributed by atoms with E-state index in [1.165, 1.54) is 12.1 Å². The minimum absolute atomic E-state index is 0.0250. The molecule has 0 aliphatic carbocycles. The Morgan fingerprint density at radius 3 is 2.50 bits per heavy atom. The van der Waals surface area contributed by atoms with E-state index >= 15 is 0 Å². The summed E-state index contributed by atoms with van der Waals surface area (Å²) in [5.74, 6) is -0.368. The summed E-state index contributed by atoms with van der Waals surface area (Å²) < 4.78 is 49.5. The number of halogens is 3. The highest BCUT2D eigenvalue weighted by molar-refractivity contribution is 5.94. The molecular formula is C23H25F3N2O4. The second-order valence-corrected chi connectivity index (χ2v) is 8.31. The number of hydrogen-bond donors (Lipinski definition) is 1. The lowest BCUT2D eigenvalue weighted by Crippen LogP contribution is -2.53. The van der Waals surface area contributed by atoms with Gasteiger partial charge < -0.3 is 19.7 Å². The van der Waals surface area contributed by atoms with Crippen LogP contribution in [-0.2, 0) is 15.7 Å². The minimum Gasteiger partial charge on any atom is -0.484 e. The first kappa shape index (κ1) is 23.6. The first-order valence-corrected chi connectivity index (χ1v) is 10.1. The van der Waals surface area contributed by atoms with Crippen LogP contribution in [0.15, 0.2) is 48.5 Å². The van der Waals surface area contributed by atoms with Gasteiger partial charge in [0.2, 0.25) is 0 Å². The molecule has 9 heteroatoms. The average molecular weight is 450 g/mol. The Morgan fingerprint density at radius 1 is 1.19 bits per heavy atom. The molecule has 1 unspecified atom stereocenters. The number of anilines is 1. The summed E-state index contributed by atoms with van der Waals surface area (Å²) in [6, 6.07) is 10.7. The third kappa shape index (κ3) is 6.23. The van der Waals surface area contributed by atoms with Gasteiger partial charge in [0, 0.05) is 24.3 Å². The van der Waals surface area contributed by atoms with Gasteiger partial charge in [-0.05, 0) is 63.2 Å². The molecule has 6 nitrogen and oxygen atoms in total. The Hall–Kier alpha value is -3.07. The van der Waals surface area contributed by atoms with Crippen molar-refractivity contribution < 1.29 is 32.2 Å². The van der Waals surface area contributed by atoms with E-state index in [0.717, 1.165) is 12.1 Å². The number of benzene rings is 2. The zero-order valence-electron chi connectivity index (χ0n) is 18.0. The van der Waals surface area contributed by atoms with Gasteiger partial charge >= 0.3 is 6.18 Å². The fourth-order valence-electron chi connectivity index (χ4n) is 3.60. The maximum Gasteiger partial charge on any atom is 0.416 e. The number of carbonyl (C=O) groups is 2. The van der Waals surface area contributed by atoms with Gasteiger partial charge in [-0.1, -0.05) is 6.07 Å². The van der Waals surface area contributed by atoms with Gasteiger partial charge in [0.25, 0.3) is 11.8 Å². The molecule has 2 amide bonds. The van der Waals surface area contributed by atoms with Gasteiger partial charge in [-0.25, -0.2) is 0 Å². The molecule has 1 aliphatic rings. The molecule has 32 heavy (non-hydrogen) atoms. The molecule has 0 radical (unpaired) electrons. The molecule has 1 atom stereocenters. The van der Waals surface area contributed by atoms with Crippen LogP contribution in [0.4, 0.5) is 18.9 Å². The number of ether oxygens (including phenoxy) is 2. The van der Waals surface area contributed by atoms with E-state index in [2.05, 4.69) is 5.32 Å². The van der Waals surface area contributed by atoms with Gasteiger partial charge in [-0.2, -0.15) is 13.2 Å². The van der Waals surface area contributed by atoms with Gasteiger partial charge in [-0.15, -0.1) is 0 Å². The lowest BCUT2D eigenvalue weighted by atomic mass is 10.0. The molecule has 0 bridgehead atoms. The molecule has 3 rings (SSSR count). The molecule has 2 aromatic rings. The second-order valence-electron chi connectivity index (χ2n) is 8.31. The highest BCUT2D eigenvalue weighted by Crippen LogP contribution is 2.30. The molecule has 1 N–H and O–H groups in total. The van der Waals surface area contributed by atoms with E-state index in [-0.39, 0.29) is 17.7 Å². The molecule has 1 fully saturated rings. The Morgan fingerprint density at radius 2 is 1.88 bits per heavy atom. The van der Waals surface area contributed by atoms with Crippen molar-refractivity contribution in [3.63, 3.8) is 0 Å². The lowest BCUT2D eigenvalue weighted by molar-refractivity contribution is -0.137. The van der Waals surface area contributed by atoms with E-state index in [9.17, 15) is 22.8 Å². The van der Waals surface area contributed by atoms with Crippen LogP contribution < -0.4 is 10.1 Å². The van der Waals surface area contributed by atoms with E-state index in [4.69, 9.17) is 9.47 Å². The monoisotopic (exact) mass is 450 g/mol. The number of nitrogens with one attached hydrogen (secondary N) is 1. The molecule has 172 valence electrons. The van der Waals surface area contributed by atoms with Gasteiger partial charge in [0.15, 0.2) is 6.61 Å². The number of alkyl halides is 3. The quantitative estimate of drug-likeness (QED) is 0.735. The fraction of sp³-hybridized carbons (Fsp3) is 0.391. The van der Waals surface area contributed by atoms with Crippen LogP contribution in [-0.4, -0.2) is 48.1 Å². The minimum atomic E-state index is -4.49. The first-order chi connectivity index (χ1) is 14.9. The van der Waals surface area contributed by atoms with Gasteiger partial charge in [0.1, 0.15) is 5.75 Å². The van der Waals surface area contributed by atoms with Crippen LogP contribution in [0.1, 0.15) is 36.7 Å². The molecule has 2 aromatic carbocycles. The smallest absolute Gasteiger partial charge is 0.416 e. The second kappa shape index (κ2) is 9.20. The van der Waals surface area contributed by atoms with E-state index < -0.39 is 29.9 Å². The topological polar surface area (TPSA) is 67.9 Å². The summed E-state index contributed by atoms with van der Waals surface area (Å²) in [6.45, 7) is 6.37. The molecule has 1 aliphatic heterocycles. The van der Waals surface area contributed by atoms with Crippen LogP contribution in [0.5, 0.6) is 5.75 Å². The van der Waals surface area contributed by atoms with Crippen molar-refractivity contribution in [1.82, 2.24) is 4.90 Å². The van der Waals surface area contributed by atoms with Crippen LogP contribution in [0.25, 0.3) is 0 Å². The molecule has 1 heterocycles. The Labute approximate surface area is 184 Å². The average Bonchev–Trinajstić information content (AvgIpc) is 2.70. The van der Waals surface area contributed by atoms with Crippen LogP contribution in [0, 0.1) is 0 Å². The summed E-state index contributed by atoms with van der Waals surface area (Å²) in [5.41, 5.74) is -0.772. The van der Waals surface area contributed by atoms with Crippen molar-refractivity contribution in [2.24, 2.45) is 0 Å². The van der Waals surface area contributed by atoms with Crippen molar-refractivity contribution in [2.45, 2.75) is 38.7 Å². The van der Waals surface area contributed by atoms with Crippen LogP contribution >= 0.6 is 0 Å². The van der Waals surface area contributed by atoms with Crippen LogP contribution in [0.2, 0.25) is 0 Å². The summed E-state index contributed by atoms with van der Waals surface area (Å²) in [4.78, 5) is 26.6. The molecular weight excluding hydrogens is 425 g/mol. The number of amides is 2. The van der Waals surface area contributed by atoms with Crippen molar-refractivity contribution in [1.29, 1.82) is 0 Å². The Balaban J connectivity index is 1.55. The Kier molecular flexibility index (Phi) is 6.78. The highest BCUT2D eigenvalue weighted by atomic mass is 19.4. The number of morpholine rings is 1. The molecule has 0 spiro atoms. The van der Waals surface area contributed by atoms with E-state index in [1.807, 2.05) is 20.8 Å². The molecule has 1 saturated heterocycles. The number of hydrogen-bond acceptors (Lipinski definition) is 4. The summed E-state index contributed by atoms with van der Waals surface area (Å²) in [7, 11) is 0. The predicted molar refractivity (Wildman–Crippen MR) is 113 cm³/mol. The zero-order valence-corrected chi connectivity index (χ0v) is 18.0. The first-order valence-electron chi connectivity index (χ1n) is 10.1. The third-order valence-corrected chi connectivity index (χ3v) is 4.80. The lowest BCUT2D eigenvalue weighted by Gasteiger charge is -2.41. The number of nitrogens with zero attached hydrogens (tertiary/aromatic N) is 1. The standard InChI is InChI=1S/C23H25F3N2O4/c1-15-12-28(14-22(2,3)32-15)21(30)16-7-9-19(10-8-16)31-13-20(29)27-18-6-4-5-17(11-18)23(24,25)26/h4-11,15H,12-14H2,1-3H3,(H,27,29).